The summed E-state index contributed by atoms with van der Waals surface area (Å²) in [6.07, 6.45) is 2.75. The molecule has 0 saturated carbocycles. The number of anilines is 1. The lowest BCUT2D eigenvalue weighted by atomic mass is 10.2. The summed E-state index contributed by atoms with van der Waals surface area (Å²) < 4.78 is 4.69. The summed E-state index contributed by atoms with van der Waals surface area (Å²) in [6, 6.07) is 1.22. The smallest absolute Gasteiger partial charge is 0.328 e. The standard InChI is InChI=1S/C9H8N4O3/c1-5-11-9(16-13-5)12-8(15)6-4-10-3-2-7(6)14/h2-4H,1H3,(H,10,14)(H,11,12,13,15). The molecule has 2 aromatic heterocycles. The van der Waals surface area contributed by atoms with Crippen LogP contribution in [-0.4, -0.2) is 21.0 Å². The van der Waals surface area contributed by atoms with Gasteiger partial charge in [0, 0.05) is 18.5 Å². The highest BCUT2D eigenvalue weighted by atomic mass is 16.5. The van der Waals surface area contributed by atoms with Crippen molar-refractivity contribution in [3.05, 3.63) is 40.1 Å². The first-order chi connectivity index (χ1) is 7.66. The first-order valence-corrected chi connectivity index (χ1v) is 4.45. The topological polar surface area (TPSA) is 101 Å². The highest BCUT2D eigenvalue weighted by Gasteiger charge is 2.12. The van der Waals surface area contributed by atoms with Crippen molar-refractivity contribution in [3.8, 4) is 0 Å². The first kappa shape index (κ1) is 10.1. The second-order valence-electron chi connectivity index (χ2n) is 3.02. The third kappa shape index (κ3) is 1.97. The molecule has 0 unspecified atom stereocenters. The van der Waals surface area contributed by atoms with E-state index in [1.54, 1.807) is 6.92 Å². The van der Waals surface area contributed by atoms with E-state index in [-0.39, 0.29) is 17.0 Å². The Hall–Kier alpha value is -2.44. The van der Waals surface area contributed by atoms with Gasteiger partial charge in [-0.15, -0.1) is 0 Å². The number of aryl methyl sites for hydroxylation is 1. The van der Waals surface area contributed by atoms with Gasteiger partial charge in [0.15, 0.2) is 11.3 Å². The lowest BCUT2D eigenvalue weighted by molar-refractivity contribution is 0.102. The Labute approximate surface area is 89.5 Å². The zero-order chi connectivity index (χ0) is 11.5. The maximum absolute atomic E-state index is 11.6. The largest absolute Gasteiger partial charge is 0.367 e. The molecule has 0 aliphatic rings. The van der Waals surface area contributed by atoms with Crippen LogP contribution < -0.4 is 10.7 Å². The fourth-order valence-corrected chi connectivity index (χ4v) is 1.11. The number of nitrogens with zero attached hydrogens (tertiary/aromatic N) is 2. The van der Waals surface area contributed by atoms with Crippen LogP contribution in [0.25, 0.3) is 0 Å². The van der Waals surface area contributed by atoms with Crippen molar-refractivity contribution in [2.24, 2.45) is 0 Å². The van der Waals surface area contributed by atoms with E-state index >= 15 is 0 Å². The molecule has 7 heteroatoms. The number of hydrogen-bond acceptors (Lipinski definition) is 5. The first-order valence-electron chi connectivity index (χ1n) is 4.45. The number of carbonyl (C=O) groups excluding carboxylic acids is 1. The highest BCUT2D eigenvalue weighted by molar-refractivity contribution is 6.02. The van der Waals surface area contributed by atoms with Crippen molar-refractivity contribution >= 4 is 11.9 Å². The molecule has 0 aliphatic heterocycles. The van der Waals surface area contributed by atoms with E-state index in [4.69, 9.17) is 4.52 Å². The minimum Gasteiger partial charge on any atom is -0.367 e. The van der Waals surface area contributed by atoms with Crippen LogP contribution in [-0.2, 0) is 0 Å². The Balaban J connectivity index is 2.21. The Morgan fingerprint density at radius 1 is 1.56 bits per heavy atom. The molecule has 82 valence electrons. The number of H-pyrrole nitrogens is 1. The number of rotatable bonds is 2. The summed E-state index contributed by atoms with van der Waals surface area (Å²) >= 11 is 0. The molecule has 0 fully saturated rings. The van der Waals surface area contributed by atoms with Gasteiger partial charge in [0.2, 0.25) is 0 Å². The maximum atomic E-state index is 11.6. The van der Waals surface area contributed by atoms with E-state index in [1.165, 1.54) is 18.5 Å². The van der Waals surface area contributed by atoms with Gasteiger partial charge in [-0.2, -0.15) is 4.98 Å². The van der Waals surface area contributed by atoms with Crippen LogP contribution in [0.15, 0.2) is 27.8 Å². The quantitative estimate of drug-likeness (QED) is 0.758. The molecule has 0 radical (unpaired) electrons. The summed E-state index contributed by atoms with van der Waals surface area (Å²) in [6.45, 7) is 1.62. The number of pyridine rings is 1. The molecule has 16 heavy (non-hydrogen) atoms. The van der Waals surface area contributed by atoms with Crippen molar-refractivity contribution < 1.29 is 9.32 Å². The molecular weight excluding hydrogens is 212 g/mol. The van der Waals surface area contributed by atoms with E-state index in [2.05, 4.69) is 20.4 Å². The summed E-state index contributed by atoms with van der Waals surface area (Å²) in [5.74, 6) is -0.192. The number of hydrogen-bond donors (Lipinski definition) is 2. The molecule has 0 bridgehead atoms. The Kier molecular flexibility index (Phi) is 2.50. The molecule has 2 N–H and O–H groups in total. The Bertz CT molecular complexity index is 572. The van der Waals surface area contributed by atoms with E-state index in [0.717, 1.165) is 0 Å². The van der Waals surface area contributed by atoms with Gasteiger partial charge < -0.3 is 9.51 Å². The van der Waals surface area contributed by atoms with Crippen molar-refractivity contribution in [1.82, 2.24) is 15.1 Å². The second kappa shape index (κ2) is 3.97. The van der Waals surface area contributed by atoms with Gasteiger partial charge in [-0.25, -0.2) is 0 Å². The molecule has 0 saturated heterocycles. The molecular formula is C9H8N4O3. The van der Waals surface area contributed by atoms with Crippen LogP contribution in [0.1, 0.15) is 16.2 Å². The summed E-state index contributed by atoms with van der Waals surface area (Å²) in [5.41, 5.74) is -0.397. The molecule has 7 nitrogen and oxygen atoms in total. The number of carbonyl (C=O) groups is 1. The van der Waals surface area contributed by atoms with Gasteiger partial charge in [0.05, 0.1) is 0 Å². The van der Waals surface area contributed by atoms with E-state index < -0.39 is 5.91 Å². The Morgan fingerprint density at radius 2 is 2.38 bits per heavy atom. The zero-order valence-electron chi connectivity index (χ0n) is 8.35. The third-order valence-corrected chi connectivity index (χ3v) is 1.82. The van der Waals surface area contributed by atoms with Crippen LogP contribution in [0.4, 0.5) is 6.01 Å². The number of nitrogens with one attached hydrogen (secondary N) is 2. The minimum atomic E-state index is -0.592. The number of aromatic amines is 1. The highest BCUT2D eigenvalue weighted by Crippen LogP contribution is 2.03. The van der Waals surface area contributed by atoms with Gasteiger partial charge >= 0.3 is 6.01 Å². The van der Waals surface area contributed by atoms with Crippen molar-refractivity contribution in [2.75, 3.05) is 5.32 Å². The second-order valence-corrected chi connectivity index (χ2v) is 3.02. The van der Waals surface area contributed by atoms with Crippen LogP contribution in [0.3, 0.4) is 0 Å². The fourth-order valence-electron chi connectivity index (χ4n) is 1.11. The van der Waals surface area contributed by atoms with Crippen LogP contribution in [0, 0.1) is 6.92 Å². The number of aromatic nitrogens is 3. The fraction of sp³-hybridized carbons (Fsp3) is 0.111. The van der Waals surface area contributed by atoms with E-state index in [9.17, 15) is 9.59 Å². The lowest BCUT2D eigenvalue weighted by Crippen LogP contribution is -2.20. The van der Waals surface area contributed by atoms with Crippen LogP contribution in [0.2, 0.25) is 0 Å². The minimum absolute atomic E-state index is 0.0154. The summed E-state index contributed by atoms with van der Waals surface area (Å²) in [4.78, 5) is 29.3. The van der Waals surface area contributed by atoms with E-state index in [1.807, 2.05) is 0 Å². The SMILES string of the molecule is Cc1noc(NC(=O)c2c[nH]ccc2=O)n1. The lowest BCUT2D eigenvalue weighted by Gasteiger charge is -1.97. The number of amides is 1. The molecule has 0 spiro atoms. The molecule has 0 aliphatic carbocycles. The predicted octanol–water partition coefficient (Wildman–Crippen LogP) is 0.319. The molecule has 0 atom stereocenters. The van der Waals surface area contributed by atoms with Crippen molar-refractivity contribution in [1.29, 1.82) is 0 Å². The van der Waals surface area contributed by atoms with E-state index in [0.29, 0.717) is 5.82 Å². The van der Waals surface area contributed by atoms with Crippen LogP contribution >= 0.6 is 0 Å². The molecule has 0 aromatic carbocycles. The summed E-state index contributed by atoms with van der Waals surface area (Å²) in [7, 11) is 0. The molecule has 2 heterocycles. The Morgan fingerprint density at radius 3 is 3.00 bits per heavy atom. The zero-order valence-corrected chi connectivity index (χ0v) is 8.35. The van der Waals surface area contributed by atoms with Gasteiger partial charge in [0.25, 0.3) is 5.91 Å². The average Bonchev–Trinajstić information content (AvgIpc) is 2.64. The third-order valence-electron chi connectivity index (χ3n) is 1.82. The van der Waals surface area contributed by atoms with Crippen molar-refractivity contribution in [3.63, 3.8) is 0 Å². The summed E-state index contributed by atoms with van der Waals surface area (Å²) in [5, 5.41) is 5.82. The molecule has 2 rings (SSSR count). The van der Waals surface area contributed by atoms with Crippen LogP contribution in [0.5, 0.6) is 0 Å². The predicted molar refractivity (Wildman–Crippen MR) is 54.1 cm³/mol. The van der Waals surface area contributed by atoms with Gasteiger partial charge in [-0.05, 0) is 6.92 Å². The van der Waals surface area contributed by atoms with Gasteiger partial charge in [0.1, 0.15) is 5.56 Å². The molecule has 2 aromatic rings. The average molecular weight is 220 g/mol. The maximum Gasteiger partial charge on any atom is 0.328 e. The van der Waals surface area contributed by atoms with Crippen molar-refractivity contribution in [2.45, 2.75) is 6.92 Å². The normalized spacial score (nSPS) is 10.1. The molecule has 1 amide bonds. The van der Waals surface area contributed by atoms with Gasteiger partial charge in [-0.1, -0.05) is 5.16 Å². The van der Waals surface area contributed by atoms with Gasteiger partial charge in [-0.3, -0.25) is 14.9 Å². The monoisotopic (exact) mass is 220 g/mol.